The molecule has 0 amide bonds. The van der Waals surface area contributed by atoms with E-state index in [2.05, 4.69) is 17.1 Å². The first-order chi connectivity index (χ1) is 5.97. The smallest absolute Gasteiger partial charge is 0.0435 e. The molecule has 0 aromatic carbocycles. The molecular weight excluding hydrogens is 146 g/mol. The van der Waals surface area contributed by atoms with Crippen LogP contribution < -0.4 is 0 Å². The van der Waals surface area contributed by atoms with Crippen molar-refractivity contribution < 1.29 is 0 Å². The maximum absolute atomic E-state index is 4.42. The second-order valence-electron chi connectivity index (χ2n) is 3.52. The maximum atomic E-state index is 4.42. The lowest BCUT2D eigenvalue weighted by atomic mass is 9.97. The van der Waals surface area contributed by atoms with Gasteiger partial charge in [0.1, 0.15) is 0 Å². The van der Waals surface area contributed by atoms with E-state index in [1.54, 1.807) is 0 Å². The summed E-state index contributed by atoms with van der Waals surface area (Å²) >= 11 is 0. The van der Waals surface area contributed by atoms with Gasteiger partial charge in [0, 0.05) is 11.9 Å². The minimum atomic E-state index is 1.19. The summed E-state index contributed by atoms with van der Waals surface area (Å²) in [4.78, 5) is 4.42. The van der Waals surface area contributed by atoms with Crippen LogP contribution in [0.25, 0.3) is 0 Å². The van der Waals surface area contributed by atoms with E-state index in [0.29, 0.717) is 0 Å². The molecule has 0 fully saturated rings. The van der Waals surface area contributed by atoms with Crippen molar-refractivity contribution in [2.75, 3.05) is 0 Å². The van der Waals surface area contributed by atoms with Crippen LogP contribution in [0.2, 0.25) is 0 Å². The number of nitrogens with zero attached hydrogens (tertiary/aromatic N) is 1. The minimum absolute atomic E-state index is 1.19. The Morgan fingerprint density at radius 1 is 1.00 bits per heavy atom. The van der Waals surface area contributed by atoms with Gasteiger partial charge in [0.2, 0.25) is 0 Å². The number of pyridine rings is 1. The molecule has 12 heavy (non-hydrogen) atoms. The molecular formula is C11H15N. The predicted molar refractivity (Wildman–Crippen MR) is 50.1 cm³/mol. The molecule has 1 aliphatic rings. The summed E-state index contributed by atoms with van der Waals surface area (Å²) in [5.74, 6) is 0. The van der Waals surface area contributed by atoms with Crippen LogP contribution in [0, 0.1) is 0 Å². The van der Waals surface area contributed by atoms with Gasteiger partial charge in [-0.1, -0.05) is 18.9 Å². The highest BCUT2D eigenvalue weighted by molar-refractivity contribution is 5.20. The molecule has 0 saturated heterocycles. The van der Waals surface area contributed by atoms with Gasteiger partial charge in [0.25, 0.3) is 0 Å². The van der Waals surface area contributed by atoms with Crippen LogP contribution in [-0.4, -0.2) is 4.98 Å². The molecule has 1 aliphatic carbocycles. The van der Waals surface area contributed by atoms with Crippen molar-refractivity contribution in [3.63, 3.8) is 0 Å². The van der Waals surface area contributed by atoms with Crippen LogP contribution in [0.5, 0.6) is 0 Å². The van der Waals surface area contributed by atoms with Crippen molar-refractivity contribution in [1.29, 1.82) is 0 Å². The van der Waals surface area contributed by atoms with Crippen molar-refractivity contribution >= 4 is 0 Å². The van der Waals surface area contributed by atoms with Gasteiger partial charge in [-0.15, -0.1) is 0 Å². The molecule has 0 unspecified atom stereocenters. The number of aryl methyl sites for hydroxylation is 2. The van der Waals surface area contributed by atoms with E-state index in [1.165, 1.54) is 49.8 Å². The highest BCUT2D eigenvalue weighted by Crippen LogP contribution is 2.17. The Bertz CT molecular complexity index is 228. The monoisotopic (exact) mass is 161 g/mol. The first kappa shape index (κ1) is 7.78. The molecule has 1 aromatic rings. The molecule has 0 N–H and O–H groups in total. The average molecular weight is 161 g/mol. The van der Waals surface area contributed by atoms with Gasteiger partial charge in [0.15, 0.2) is 0 Å². The highest BCUT2D eigenvalue weighted by Gasteiger charge is 2.05. The fourth-order valence-electron chi connectivity index (χ4n) is 1.89. The molecule has 0 radical (unpaired) electrons. The third-order valence-electron chi connectivity index (χ3n) is 2.59. The lowest BCUT2D eigenvalue weighted by Gasteiger charge is -2.11. The van der Waals surface area contributed by atoms with Gasteiger partial charge < -0.3 is 0 Å². The Balaban J connectivity index is 2.24. The highest BCUT2D eigenvalue weighted by atomic mass is 14.7. The van der Waals surface area contributed by atoms with Crippen molar-refractivity contribution in [3.05, 3.63) is 29.6 Å². The lowest BCUT2D eigenvalue weighted by Crippen LogP contribution is -2.01. The van der Waals surface area contributed by atoms with E-state index >= 15 is 0 Å². The standard InChI is InChI=1S/C11H15N/c1-2-4-8-11-10(6-3-1)7-5-9-12-11/h5,7,9H,1-4,6,8H2. The Hall–Kier alpha value is -0.850. The topological polar surface area (TPSA) is 12.9 Å². The first-order valence-corrected chi connectivity index (χ1v) is 4.89. The number of hydrogen-bond acceptors (Lipinski definition) is 1. The average Bonchev–Trinajstić information content (AvgIpc) is 2.06. The summed E-state index contributed by atoms with van der Waals surface area (Å²) in [5, 5.41) is 0. The third kappa shape index (κ3) is 1.66. The molecule has 0 bridgehead atoms. The second-order valence-corrected chi connectivity index (χ2v) is 3.52. The molecule has 0 atom stereocenters. The molecule has 0 saturated carbocycles. The normalized spacial score (nSPS) is 17.7. The van der Waals surface area contributed by atoms with E-state index in [9.17, 15) is 0 Å². The van der Waals surface area contributed by atoms with Gasteiger partial charge in [-0.05, 0) is 37.3 Å². The van der Waals surface area contributed by atoms with Gasteiger partial charge in [0.05, 0.1) is 0 Å². The fourth-order valence-corrected chi connectivity index (χ4v) is 1.89. The van der Waals surface area contributed by atoms with Gasteiger partial charge in [-0.3, -0.25) is 4.98 Å². The van der Waals surface area contributed by atoms with E-state index in [-0.39, 0.29) is 0 Å². The molecule has 1 aromatic heterocycles. The molecule has 0 spiro atoms. The number of aromatic nitrogens is 1. The summed E-state index contributed by atoms with van der Waals surface area (Å²) in [6, 6.07) is 4.29. The van der Waals surface area contributed by atoms with Crippen LogP contribution in [0.4, 0.5) is 0 Å². The summed E-state index contributed by atoms with van der Waals surface area (Å²) in [5.41, 5.74) is 2.83. The third-order valence-corrected chi connectivity index (χ3v) is 2.59. The number of hydrogen-bond donors (Lipinski definition) is 0. The SMILES string of the molecule is c1cnc2c(c1)CCCCCC2. The van der Waals surface area contributed by atoms with Crippen molar-refractivity contribution in [3.8, 4) is 0 Å². The Morgan fingerprint density at radius 2 is 1.83 bits per heavy atom. The second kappa shape index (κ2) is 3.70. The van der Waals surface area contributed by atoms with Crippen LogP contribution in [0.3, 0.4) is 0 Å². The summed E-state index contributed by atoms with van der Waals surface area (Å²) in [6.45, 7) is 0. The summed E-state index contributed by atoms with van der Waals surface area (Å²) < 4.78 is 0. The van der Waals surface area contributed by atoms with E-state index < -0.39 is 0 Å². The van der Waals surface area contributed by atoms with Gasteiger partial charge in [-0.2, -0.15) is 0 Å². The van der Waals surface area contributed by atoms with E-state index in [4.69, 9.17) is 0 Å². The fraction of sp³-hybridized carbons (Fsp3) is 0.545. The van der Waals surface area contributed by atoms with Crippen LogP contribution in [0.15, 0.2) is 18.3 Å². The molecule has 64 valence electrons. The van der Waals surface area contributed by atoms with Crippen LogP contribution >= 0.6 is 0 Å². The van der Waals surface area contributed by atoms with Crippen molar-refractivity contribution in [2.24, 2.45) is 0 Å². The lowest BCUT2D eigenvalue weighted by molar-refractivity contribution is 0.609. The Kier molecular flexibility index (Phi) is 2.40. The number of fused-ring (bicyclic) bond motifs is 1. The molecule has 1 heterocycles. The van der Waals surface area contributed by atoms with Crippen LogP contribution in [0.1, 0.15) is 36.9 Å². The number of rotatable bonds is 0. The quantitative estimate of drug-likeness (QED) is 0.570. The molecule has 2 rings (SSSR count). The van der Waals surface area contributed by atoms with Gasteiger partial charge >= 0.3 is 0 Å². The van der Waals surface area contributed by atoms with E-state index in [1.807, 2.05) is 6.20 Å². The molecule has 1 nitrogen and oxygen atoms in total. The molecule has 0 aliphatic heterocycles. The zero-order valence-corrected chi connectivity index (χ0v) is 7.42. The molecule has 1 heteroatoms. The predicted octanol–water partition coefficient (Wildman–Crippen LogP) is 2.74. The Morgan fingerprint density at radius 3 is 2.75 bits per heavy atom. The van der Waals surface area contributed by atoms with Crippen molar-refractivity contribution in [2.45, 2.75) is 38.5 Å². The van der Waals surface area contributed by atoms with E-state index in [0.717, 1.165) is 0 Å². The maximum Gasteiger partial charge on any atom is 0.0435 e. The van der Waals surface area contributed by atoms with Crippen LogP contribution in [-0.2, 0) is 12.8 Å². The Labute approximate surface area is 73.8 Å². The summed E-state index contributed by atoms with van der Waals surface area (Å²) in [7, 11) is 0. The zero-order chi connectivity index (χ0) is 8.23. The minimum Gasteiger partial charge on any atom is -0.261 e. The zero-order valence-electron chi connectivity index (χ0n) is 7.42. The summed E-state index contributed by atoms with van der Waals surface area (Å²) in [6.07, 6.45) is 9.80. The first-order valence-electron chi connectivity index (χ1n) is 4.89. The van der Waals surface area contributed by atoms with Crippen molar-refractivity contribution in [1.82, 2.24) is 4.98 Å². The largest absolute Gasteiger partial charge is 0.261 e. The van der Waals surface area contributed by atoms with Gasteiger partial charge in [-0.25, -0.2) is 0 Å².